The second-order valence-electron chi connectivity index (χ2n) is 6.81. The predicted molar refractivity (Wildman–Crippen MR) is 121 cm³/mol. The van der Waals surface area contributed by atoms with Gasteiger partial charge in [0.25, 0.3) is 0 Å². The standard InChI is InChI=1S/C25H32O6/c1-6-29-24(25(26)30-7-2)16-19-8-11-21(12-9-19)31-15-14-18(3)20-10-13-22(27-4)23(17-20)28-5/h8-14,17,24H,6-7,15-16H2,1-5H3/b18-14+. The van der Waals surface area contributed by atoms with E-state index in [0.717, 1.165) is 22.4 Å². The van der Waals surface area contributed by atoms with Crippen LogP contribution in [0.1, 0.15) is 31.9 Å². The molecule has 0 aliphatic rings. The van der Waals surface area contributed by atoms with Crippen molar-refractivity contribution in [2.75, 3.05) is 34.0 Å². The largest absolute Gasteiger partial charge is 0.493 e. The van der Waals surface area contributed by atoms with E-state index in [-0.39, 0.29) is 5.97 Å². The van der Waals surface area contributed by atoms with E-state index >= 15 is 0 Å². The maximum atomic E-state index is 12.0. The lowest BCUT2D eigenvalue weighted by molar-refractivity contribution is -0.156. The Balaban J connectivity index is 1.95. The number of hydrogen-bond acceptors (Lipinski definition) is 6. The summed E-state index contributed by atoms with van der Waals surface area (Å²) in [5, 5.41) is 0. The van der Waals surface area contributed by atoms with Crippen LogP contribution in [-0.4, -0.2) is 46.1 Å². The van der Waals surface area contributed by atoms with Gasteiger partial charge >= 0.3 is 5.97 Å². The van der Waals surface area contributed by atoms with Crippen molar-refractivity contribution >= 4 is 11.5 Å². The number of hydrogen-bond donors (Lipinski definition) is 0. The molecule has 0 aromatic heterocycles. The van der Waals surface area contributed by atoms with Crippen molar-refractivity contribution in [1.29, 1.82) is 0 Å². The Labute approximate surface area is 184 Å². The number of carbonyl (C=O) groups is 1. The van der Waals surface area contributed by atoms with Crippen LogP contribution in [0.15, 0.2) is 48.5 Å². The van der Waals surface area contributed by atoms with Crippen molar-refractivity contribution in [1.82, 2.24) is 0 Å². The third-order valence-corrected chi connectivity index (χ3v) is 4.74. The molecule has 0 fully saturated rings. The molecular weight excluding hydrogens is 396 g/mol. The van der Waals surface area contributed by atoms with Gasteiger partial charge in [0, 0.05) is 13.0 Å². The molecule has 1 atom stereocenters. The maximum Gasteiger partial charge on any atom is 0.335 e. The molecule has 0 saturated heterocycles. The highest BCUT2D eigenvalue weighted by Crippen LogP contribution is 2.30. The van der Waals surface area contributed by atoms with E-state index in [9.17, 15) is 4.79 Å². The first kappa shape index (κ1) is 24.3. The van der Waals surface area contributed by atoms with Gasteiger partial charge in [0.1, 0.15) is 12.4 Å². The minimum Gasteiger partial charge on any atom is -0.493 e. The fourth-order valence-corrected chi connectivity index (χ4v) is 3.04. The van der Waals surface area contributed by atoms with Crippen LogP contribution in [0.5, 0.6) is 17.2 Å². The van der Waals surface area contributed by atoms with Gasteiger partial charge in [-0.1, -0.05) is 18.2 Å². The van der Waals surface area contributed by atoms with Crippen LogP contribution in [-0.2, 0) is 20.7 Å². The second-order valence-corrected chi connectivity index (χ2v) is 6.81. The van der Waals surface area contributed by atoms with Crippen LogP contribution >= 0.6 is 0 Å². The zero-order valence-electron chi connectivity index (χ0n) is 19.0. The number of methoxy groups -OCH3 is 2. The number of carbonyl (C=O) groups excluding carboxylic acids is 1. The molecule has 0 heterocycles. The lowest BCUT2D eigenvalue weighted by Crippen LogP contribution is -2.28. The third-order valence-electron chi connectivity index (χ3n) is 4.74. The molecule has 0 bridgehead atoms. The first-order chi connectivity index (χ1) is 15.0. The summed E-state index contributed by atoms with van der Waals surface area (Å²) in [5.41, 5.74) is 3.10. The van der Waals surface area contributed by atoms with E-state index in [1.54, 1.807) is 21.1 Å². The molecule has 0 amide bonds. The molecule has 0 aliphatic carbocycles. The van der Waals surface area contributed by atoms with E-state index in [2.05, 4.69) is 0 Å². The number of allylic oxidation sites excluding steroid dienone is 1. The van der Waals surface area contributed by atoms with Crippen molar-refractivity contribution in [2.45, 2.75) is 33.3 Å². The highest BCUT2D eigenvalue weighted by molar-refractivity contribution is 5.75. The van der Waals surface area contributed by atoms with Crippen molar-refractivity contribution in [3.63, 3.8) is 0 Å². The van der Waals surface area contributed by atoms with Crippen molar-refractivity contribution in [2.24, 2.45) is 0 Å². The molecule has 31 heavy (non-hydrogen) atoms. The van der Waals surface area contributed by atoms with Crippen molar-refractivity contribution in [3.8, 4) is 17.2 Å². The Morgan fingerprint density at radius 3 is 2.29 bits per heavy atom. The van der Waals surface area contributed by atoms with Gasteiger partial charge in [-0.25, -0.2) is 4.79 Å². The average Bonchev–Trinajstić information content (AvgIpc) is 2.79. The summed E-state index contributed by atoms with van der Waals surface area (Å²) in [4.78, 5) is 12.0. The Hall–Kier alpha value is -2.99. The topological polar surface area (TPSA) is 63.2 Å². The van der Waals surface area contributed by atoms with Gasteiger partial charge < -0.3 is 23.7 Å². The molecule has 0 spiro atoms. The summed E-state index contributed by atoms with van der Waals surface area (Å²) in [6, 6.07) is 13.5. The number of ether oxygens (including phenoxy) is 5. The molecule has 2 aromatic rings. The zero-order chi connectivity index (χ0) is 22.6. The molecule has 0 aliphatic heterocycles. The van der Waals surface area contributed by atoms with Crippen molar-refractivity contribution < 1.29 is 28.5 Å². The Bertz CT molecular complexity index is 857. The minimum absolute atomic E-state index is 0.333. The molecule has 1 unspecified atom stereocenters. The predicted octanol–water partition coefficient (Wildman–Crippen LogP) is 4.70. The van der Waals surface area contributed by atoms with Crippen molar-refractivity contribution in [3.05, 3.63) is 59.7 Å². The summed E-state index contributed by atoms with van der Waals surface area (Å²) in [6.07, 6.45) is 1.88. The summed E-state index contributed by atoms with van der Waals surface area (Å²) >= 11 is 0. The quantitative estimate of drug-likeness (QED) is 0.457. The van der Waals surface area contributed by atoms with E-state index in [1.807, 2.05) is 62.4 Å². The van der Waals surface area contributed by atoms with E-state index < -0.39 is 6.10 Å². The van der Waals surface area contributed by atoms with Gasteiger partial charge in [-0.05, 0) is 67.8 Å². The molecule has 2 aromatic carbocycles. The monoisotopic (exact) mass is 428 g/mol. The second kappa shape index (κ2) is 12.6. The highest BCUT2D eigenvalue weighted by atomic mass is 16.6. The van der Waals surface area contributed by atoms with Gasteiger partial charge in [0.2, 0.25) is 0 Å². The smallest absolute Gasteiger partial charge is 0.335 e. The first-order valence-corrected chi connectivity index (χ1v) is 10.4. The minimum atomic E-state index is -0.594. The number of benzene rings is 2. The SMILES string of the molecule is CCOC(=O)C(Cc1ccc(OC/C=C(\C)c2ccc(OC)c(OC)c2)cc1)OCC. The summed E-state index contributed by atoms with van der Waals surface area (Å²) < 4.78 is 27.1. The molecule has 168 valence electrons. The Kier molecular flexibility index (Phi) is 9.91. The maximum absolute atomic E-state index is 12.0. The molecule has 0 saturated carbocycles. The zero-order valence-corrected chi connectivity index (χ0v) is 19.0. The molecular formula is C25H32O6. The molecule has 6 heteroatoms. The Morgan fingerprint density at radius 1 is 0.968 bits per heavy atom. The number of rotatable bonds is 12. The van der Waals surface area contributed by atoms with Gasteiger partial charge in [-0.2, -0.15) is 0 Å². The highest BCUT2D eigenvalue weighted by Gasteiger charge is 2.20. The van der Waals surface area contributed by atoms with Crippen LogP contribution in [0.4, 0.5) is 0 Å². The van der Waals surface area contributed by atoms with Crippen LogP contribution in [0.25, 0.3) is 5.57 Å². The van der Waals surface area contributed by atoms with Crippen LogP contribution < -0.4 is 14.2 Å². The lowest BCUT2D eigenvalue weighted by Gasteiger charge is -2.15. The summed E-state index contributed by atoms with van der Waals surface area (Å²) in [7, 11) is 3.24. The van der Waals surface area contributed by atoms with Gasteiger partial charge in [0.05, 0.1) is 20.8 Å². The van der Waals surface area contributed by atoms with E-state index in [0.29, 0.717) is 37.7 Å². The Morgan fingerprint density at radius 2 is 1.68 bits per heavy atom. The lowest BCUT2D eigenvalue weighted by atomic mass is 10.1. The van der Waals surface area contributed by atoms with Crippen LogP contribution in [0.3, 0.4) is 0 Å². The molecule has 0 radical (unpaired) electrons. The van der Waals surface area contributed by atoms with E-state index in [4.69, 9.17) is 23.7 Å². The van der Waals surface area contributed by atoms with Gasteiger partial charge in [0.15, 0.2) is 17.6 Å². The molecule has 0 N–H and O–H groups in total. The van der Waals surface area contributed by atoms with Crippen LogP contribution in [0, 0.1) is 0 Å². The average molecular weight is 429 g/mol. The first-order valence-electron chi connectivity index (χ1n) is 10.4. The third kappa shape index (κ3) is 7.33. The molecule has 2 rings (SSSR count). The summed E-state index contributed by atoms with van der Waals surface area (Å²) in [6.45, 7) is 6.90. The van der Waals surface area contributed by atoms with Gasteiger partial charge in [-0.15, -0.1) is 0 Å². The molecule has 6 nitrogen and oxygen atoms in total. The van der Waals surface area contributed by atoms with Gasteiger partial charge in [-0.3, -0.25) is 0 Å². The normalized spacial score (nSPS) is 12.2. The van der Waals surface area contributed by atoms with E-state index in [1.165, 1.54) is 0 Å². The summed E-state index contributed by atoms with van der Waals surface area (Å²) in [5.74, 6) is 1.81. The van der Waals surface area contributed by atoms with Crippen LogP contribution in [0.2, 0.25) is 0 Å². The fourth-order valence-electron chi connectivity index (χ4n) is 3.04. The fraction of sp³-hybridized carbons (Fsp3) is 0.400. The number of esters is 1.